The van der Waals surface area contributed by atoms with Crippen LogP contribution in [0.15, 0.2) is 4.99 Å². The van der Waals surface area contributed by atoms with Gasteiger partial charge >= 0.3 is 0 Å². The van der Waals surface area contributed by atoms with Crippen LogP contribution in [-0.2, 0) is 4.79 Å². The maximum Gasteiger partial charge on any atom is 0.217 e. The van der Waals surface area contributed by atoms with Crippen molar-refractivity contribution < 1.29 is 4.79 Å². The normalized spacial score (nSPS) is 11.8. The summed E-state index contributed by atoms with van der Waals surface area (Å²) >= 11 is 0. The van der Waals surface area contributed by atoms with Crippen molar-refractivity contribution in [2.24, 2.45) is 16.5 Å². The van der Waals surface area contributed by atoms with E-state index in [1.807, 2.05) is 0 Å². The van der Waals surface area contributed by atoms with E-state index in [0.717, 1.165) is 25.9 Å². The van der Waals surface area contributed by atoms with Crippen LogP contribution in [-0.4, -0.2) is 36.4 Å². The molecule has 0 unspecified atom stereocenters. The van der Waals surface area contributed by atoms with Crippen molar-refractivity contribution in [1.29, 1.82) is 0 Å². The Morgan fingerprint density at radius 2 is 0.865 bits per heavy atom. The molecule has 0 aromatic rings. The van der Waals surface area contributed by atoms with Crippen LogP contribution in [0.5, 0.6) is 0 Å². The number of carbonyl (C=O) groups excluding carboxylic acids is 1. The second-order valence-corrected chi connectivity index (χ2v) is 11.2. The highest BCUT2D eigenvalue weighted by Gasteiger charge is 2.08. The van der Waals surface area contributed by atoms with E-state index in [1.165, 1.54) is 141 Å². The summed E-state index contributed by atoms with van der Waals surface area (Å²) in [5, 5.41) is 0. The summed E-state index contributed by atoms with van der Waals surface area (Å²) in [7, 11) is 0. The number of nitrogens with two attached hydrogens (primary N) is 2. The minimum atomic E-state index is -0.230. The van der Waals surface area contributed by atoms with Gasteiger partial charge in [0.2, 0.25) is 5.91 Å². The molecule has 4 N–H and O–H groups in total. The minimum Gasteiger partial charge on any atom is -0.370 e. The lowest BCUT2D eigenvalue weighted by molar-refractivity contribution is -0.118. The van der Waals surface area contributed by atoms with Gasteiger partial charge in [0.05, 0.1) is 0 Å². The maximum absolute atomic E-state index is 10.9. The molecule has 0 rings (SSSR count). The van der Waals surface area contributed by atoms with Gasteiger partial charge in [-0.15, -0.1) is 0 Å². The summed E-state index contributed by atoms with van der Waals surface area (Å²) in [6.45, 7) is 7.29. The molecular formula is C32H66N4O. The molecule has 0 aliphatic carbocycles. The van der Waals surface area contributed by atoms with Gasteiger partial charge in [0.1, 0.15) is 0 Å². The van der Waals surface area contributed by atoms with Crippen molar-refractivity contribution in [1.82, 2.24) is 4.90 Å². The average Bonchev–Trinajstić information content (AvgIpc) is 2.88. The molecule has 5 nitrogen and oxygen atoms in total. The van der Waals surface area contributed by atoms with Crippen molar-refractivity contribution in [3.63, 3.8) is 0 Å². The highest BCUT2D eigenvalue weighted by atomic mass is 16.1. The van der Waals surface area contributed by atoms with Crippen LogP contribution in [0.1, 0.15) is 174 Å². The molecule has 0 atom stereocenters. The zero-order chi connectivity index (χ0) is 27.2. The van der Waals surface area contributed by atoms with Crippen LogP contribution in [0.4, 0.5) is 0 Å². The molecule has 0 heterocycles. The van der Waals surface area contributed by atoms with Gasteiger partial charge in [-0.2, -0.15) is 0 Å². The number of unbranched alkanes of at least 4 members (excludes halogenated alkanes) is 21. The van der Waals surface area contributed by atoms with E-state index in [4.69, 9.17) is 11.5 Å². The Bertz CT molecular complexity index is 483. The van der Waals surface area contributed by atoms with Crippen molar-refractivity contribution in [3.8, 4) is 0 Å². The summed E-state index contributed by atoms with van der Waals surface area (Å²) < 4.78 is 0. The molecule has 5 heteroatoms. The molecule has 0 spiro atoms. The Balaban J connectivity index is 4.09. The first-order valence-electron chi connectivity index (χ1n) is 16.4. The molecule has 0 aliphatic rings. The lowest BCUT2D eigenvalue weighted by Crippen LogP contribution is -2.39. The lowest BCUT2D eigenvalue weighted by Gasteiger charge is -2.24. The SMILES string of the molecule is CCCCCCCCCCCCCN(CCCCCCCCCCCCC)C(N)=NCCCCC(N)=O. The molecule has 0 saturated carbocycles. The maximum atomic E-state index is 10.9. The van der Waals surface area contributed by atoms with Gasteiger partial charge in [0.15, 0.2) is 5.96 Å². The standard InChI is InChI=1S/C32H66N4O/c1-3-5-7-9-11-13-15-17-19-21-25-29-36(32(34)35-28-24-23-27-31(33)37)30-26-22-20-18-16-14-12-10-8-6-4-2/h3-30H2,1-2H3,(H2,33,37)(H2,34,35). The van der Waals surface area contributed by atoms with Crippen LogP contribution >= 0.6 is 0 Å². The Hall–Kier alpha value is -1.26. The van der Waals surface area contributed by atoms with Gasteiger partial charge in [-0.25, -0.2) is 0 Å². The number of primary amides is 1. The van der Waals surface area contributed by atoms with E-state index in [9.17, 15) is 4.79 Å². The fourth-order valence-electron chi connectivity index (χ4n) is 4.98. The average molecular weight is 523 g/mol. The second-order valence-electron chi connectivity index (χ2n) is 11.2. The summed E-state index contributed by atoms with van der Waals surface area (Å²) in [4.78, 5) is 17.9. The first-order valence-corrected chi connectivity index (χ1v) is 16.4. The summed E-state index contributed by atoms with van der Waals surface area (Å²) in [6.07, 6.45) is 32.1. The smallest absolute Gasteiger partial charge is 0.217 e. The molecular weight excluding hydrogens is 456 g/mol. The Labute approximate surface area is 232 Å². The fraction of sp³-hybridized carbons (Fsp3) is 0.938. The molecule has 0 saturated heterocycles. The molecule has 0 fully saturated rings. The highest BCUT2D eigenvalue weighted by Crippen LogP contribution is 2.13. The minimum absolute atomic E-state index is 0.230. The van der Waals surface area contributed by atoms with Crippen molar-refractivity contribution in [2.75, 3.05) is 19.6 Å². The molecule has 0 aliphatic heterocycles. The Kier molecular flexibility index (Phi) is 28.3. The molecule has 220 valence electrons. The predicted octanol–water partition coefficient (Wildman–Crippen LogP) is 8.88. The summed E-state index contributed by atoms with van der Waals surface area (Å²) in [5.41, 5.74) is 11.6. The van der Waals surface area contributed by atoms with E-state index in [1.54, 1.807) is 0 Å². The Morgan fingerprint density at radius 3 is 1.22 bits per heavy atom. The van der Waals surface area contributed by atoms with E-state index >= 15 is 0 Å². The van der Waals surface area contributed by atoms with Crippen LogP contribution in [0.25, 0.3) is 0 Å². The van der Waals surface area contributed by atoms with Gasteiger partial charge in [-0.3, -0.25) is 9.79 Å². The third-order valence-corrected chi connectivity index (χ3v) is 7.49. The zero-order valence-electron chi connectivity index (χ0n) is 25.3. The number of hydrogen-bond acceptors (Lipinski definition) is 2. The second kappa shape index (κ2) is 29.3. The van der Waals surface area contributed by atoms with E-state index in [-0.39, 0.29) is 5.91 Å². The number of amides is 1. The van der Waals surface area contributed by atoms with Crippen molar-refractivity contribution >= 4 is 11.9 Å². The first-order chi connectivity index (χ1) is 18.1. The molecule has 0 aromatic carbocycles. The third kappa shape index (κ3) is 27.6. The largest absolute Gasteiger partial charge is 0.370 e. The Morgan fingerprint density at radius 1 is 0.514 bits per heavy atom. The zero-order valence-corrected chi connectivity index (χ0v) is 25.3. The summed E-state index contributed by atoms with van der Waals surface area (Å²) in [5.74, 6) is 0.463. The summed E-state index contributed by atoms with van der Waals surface area (Å²) in [6, 6.07) is 0. The van der Waals surface area contributed by atoms with E-state index < -0.39 is 0 Å². The topological polar surface area (TPSA) is 84.7 Å². The third-order valence-electron chi connectivity index (χ3n) is 7.49. The number of carbonyl (C=O) groups is 1. The number of guanidine groups is 1. The molecule has 37 heavy (non-hydrogen) atoms. The van der Waals surface area contributed by atoms with Gasteiger partial charge in [0, 0.05) is 26.1 Å². The first kappa shape index (κ1) is 35.7. The predicted molar refractivity (Wildman–Crippen MR) is 164 cm³/mol. The van der Waals surface area contributed by atoms with Crippen LogP contribution in [0, 0.1) is 0 Å². The number of aliphatic imine (C=N–C) groups is 1. The molecule has 1 amide bonds. The van der Waals surface area contributed by atoms with Crippen molar-refractivity contribution in [2.45, 2.75) is 174 Å². The fourth-order valence-corrected chi connectivity index (χ4v) is 4.98. The number of hydrogen-bond donors (Lipinski definition) is 2. The van der Waals surface area contributed by atoms with Crippen molar-refractivity contribution in [3.05, 3.63) is 0 Å². The van der Waals surface area contributed by atoms with Gasteiger partial charge in [0.25, 0.3) is 0 Å². The lowest BCUT2D eigenvalue weighted by atomic mass is 10.1. The van der Waals surface area contributed by atoms with Crippen LogP contribution in [0.2, 0.25) is 0 Å². The molecule has 0 aromatic heterocycles. The monoisotopic (exact) mass is 523 g/mol. The number of rotatable bonds is 29. The van der Waals surface area contributed by atoms with Gasteiger partial charge in [-0.1, -0.05) is 142 Å². The quantitative estimate of drug-likeness (QED) is 0.0584. The van der Waals surface area contributed by atoms with Crippen LogP contribution < -0.4 is 11.5 Å². The van der Waals surface area contributed by atoms with E-state index in [0.29, 0.717) is 18.9 Å². The highest BCUT2D eigenvalue weighted by molar-refractivity contribution is 5.78. The van der Waals surface area contributed by atoms with Crippen LogP contribution in [0.3, 0.4) is 0 Å². The van der Waals surface area contributed by atoms with E-state index in [2.05, 4.69) is 23.7 Å². The van der Waals surface area contributed by atoms with Gasteiger partial charge < -0.3 is 16.4 Å². The molecule has 0 bridgehead atoms. The van der Waals surface area contributed by atoms with Gasteiger partial charge in [-0.05, 0) is 25.7 Å². The molecule has 0 radical (unpaired) electrons. The number of nitrogens with zero attached hydrogens (tertiary/aromatic N) is 2.